The lowest BCUT2D eigenvalue weighted by atomic mass is 10.1. The second-order valence-corrected chi connectivity index (χ2v) is 7.15. The average molecular weight is 403 g/mol. The molecule has 6 heteroatoms. The van der Waals surface area contributed by atoms with Gasteiger partial charge in [0.05, 0.1) is 23.4 Å². The summed E-state index contributed by atoms with van der Waals surface area (Å²) in [4.78, 5) is 11.6. The number of halogens is 1. The number of nitrogens with zero attached hydrogens (tertiary/aromatic N) is 2. The van der Waals surface area contributed by atoms with Crippen LogP contribution in [0.2, 0.25) is 0 Å². The van der Waals surface area contributed by atoms with Gasteiger partial charge in [0.15, 0.2) is 0 Å². The van der Waals surface area contributed by atoms with Crippen molar-refractivity contribution in [3.63, 3.8) is 0 Å². The predicted molar refractivity (Wildman–Crippen MR) is 114 cm³/mol. The van der Waals surface area contributed by atoms with Crippen molar-refractivity contribution in [1.29, 1.82) is 0 Å². The van der Waals surface area contributed by atoms with Gasteiger partial charge in [0.1, 0.15) is 18.2 Å². The summed E-state index contributed by atoms with van der Waals surface area (Å²) in [7, 11) is 0. The van der Waals surface area contributed by atoms with Gasteiger partial charge >= 0.3 is 0 Å². The van der Waals surface area contributed by atoms with E-state index in [9.17, 15) is 9.18 Å². The first-order valence-electron chi connectivity index (χ1n) is 9.76. The van der Waals surface area contributed by atoms with Crippen LogP contribution < -0.4 is 10.1 Å². The fourth-order valence-corrected chi connectivity index (χ4v) is 3.42. The molecule has 30 heavy (non-hydrogen) atoms. The molecule has 4 rings (SSSR count). The van der Waals surface area contributed by atoms with E-state index in [1.807, 2.05) is 48.5 Å². The number of rotatable bonds is 7. The number of carbonyl (C=O) groups is 1. The third-order valence-electron chi connectivity index (χ3n) is 4.79. The molecule has 0 bridgehead atoms. The highest BCUT2D eigenvalue weighted by atomic mass is 19.1. The molecule has 0 radical (unpaired) electrons. The number of carbonyl (C=O) groups excluding carboxylic acids is 1. The molecule has 1 heterocycles. The van der Waals surface area contributed by atoms with E-state index in [1.165, 1.54) is 19.1 Å². The molecule has 5 nitrogen and oxygen atoms in total. The summed E-state index contributed by atoms with van der Waals surface area (Å²) in [6, 6.07) is 21.8. The highest BCUT2D eigenvalue weighted by Crippen LogP contribution is 2.23. The molecule has 0 fully saturated rings. The van der Waals surface area contributed by atoms with Crippen LogP contribution in [-0.2, 0) is 11.2 Å². The minimum absolute atomic E-state index is 0.0874. The molecule has 152 valence electrons. The first-order valence-corrected chi connectivity index (χ1v) is 9.76. The van der Waals surface area contributed by atoms with Crippen LogP contribution in [0.4, 0.5) is 4.39 Å². The molecule has 1 aromatic heterocycles. The van der Waals surface area contributed by atoms with Crippen LogP contribution in [0.15, 0.2) is 79.0 Å². The minimum atomic E-state index is -0.282. The Bertz CT molecular complexity index is 1140. The van der Waals surface area contributed by atoms with Gasteiger partial charge in [0, 0.05) is 12.3 Å². The van der Waals surface area contributed by atoms with Crippen molar-refractivity contribution in [2.45, 2.75) is 19.4 Å². The number of nitrogens with one attached hydrogen (secondary N) is 1. The zero-order chi connectivity index (χ0) is 20.9. The zero-order valence-corrected chi connectivity index (χ0v) is 16.6. The van der Waals surface area contributed by atoms with Gasteiger partial charge < -0.3 is 10.1 Å². The van der Waals surface area contributed by atoms with Crippen LogP contribution >= 0.6 is 0 Å². The van der Waals surface area contributed by atoms with E-state index in [0.717, 1.165) is 22.2 Å². The fourth-order valence-electron chi connectivity index (χ4n) is 3.42. The van der Waals surface area contributed by atoms with Crippen LogP contribution in [0.1, 0.15) is 12.5 Å². The average Bonchev–Trinajstić information content (AvgIpc) is 3.16. The molecule has 1 atom stereocenters. The standard InChI is InChI=1S/C24H22FN3O2/c1-17(29)27-21(13-18-5-3-2-4-6-18)16-30-23-11-12-24-19(14-23)15-26-28(24)22-9-7-20(25)8-10-22/h2-12,14-15,21H,13,16H2,1H3,(H,27,29). The van der Waals surface area contributed by atoms with Gasteiger partial charge in [-0.3, -0.25) is 4.79 Å². The van der Waals surface area contributed by atoms with Crippen molar-refractivity contribution < 1.29 is 13.9 Å². The number of ether oxygens (including phenoxy) is 1. The number of amides is 1. The molecular weight excluding hydrogens is 381 g/mol. The maximum Gasteiger partial charge on any atom is 0.217 e. The highest BCUT2D eigenvalue weighted by molar-refractivity contribution is 5.81. The van der Waals surface area contributed by atoms with Crippen LogP contribution in [0, 0.1) is 5.82 Å². The molecule has 0 saturated carbocycles. The Morgan fingerprint density at radius 3 is 2.60 bits per heavy atom. The quantitative estimate of drug-likeness (QED) is 0.501. The van der Waals surface area contributed by atoms with Crippen molar-refractivity contribution in [2.24, 2.45) is 0 Å². The third kappa shape index (κ3) is 4.66. The fraction of sp³-hybridized carbons (Fsp3) is 0.167. The third-order valence-corrected chi connectivity index (χ3v) is 4.79. The molecule has 1 unspecified atom stereocenters. The Kier molecular flexibility index (Phi) is 5.75. The summed E-state index contributed by atoms with van der Waals surface area (Å²) in [5, 5.41) is 8.28. The van der Waals surface area contributed by atoms with Crippen molar-refractivity contribution in [3.8, 4) is 11.4 Å². The lowest BCUT2D eigenvalue weighted by Gasteiger charge is -2.19. The second-order valence-electron chi connectivity index (χ2n) is 7.15. The van der Waals surface area contributed by atoms with E-state index in [0.29, 0.717) is 18.8 Å². The van der Waals surface area contributed by atoms with Gasteiger partial charge in [-0.25, -0.2) is 9.07 Å². The van der Waals surface area contributed by atoms with Gasteiger partial charge in [-0.2, -0.15) is 5.10 Å². The molecule has 4 aromatic rings. The zero-order valence-electron chi connectivity index (χ0n) is 16.6. The van der Waals surface area contributed by atoms with Crippen LogP contribution in [0.3, 0.4) is 0 Å². The Balaban J connectivity index is 1.48. The van der Waals surface area contributed by atoms with E-state index in [2.05, 4.69) is 10.4 Å². The summed E-state index contributed by atoms with van der Waals surface area (Å²) in [5.74, 6) is 0.329. The van der Waals surface area contributed by atoms with Gasteiger partial charge in [0.2, 0.25) is 5.91 Å². The van der Waals surface area contributed by atoms with E-state index < -0.39 is 0 Å². The van der Waals surface area contributed by atoms with E-state index >= 15 is 0 Å². The van der Waals surface area contributed by atoms with Crippen LogP contribution in [0.25, 0.3) is 16.6 Å². The molecule has 0 saturated heterocycles. The number of hydrogen-bond donors (Lipinski definition) is 1. The topological polar surface area (TPSA) is 56.1 Å². The molecule has 1 amide bonds. The van der Waals surface area contributed by atoms with E-state index in [1.54, 1.807) is 23.0 Å². The predicted octanol–water partition coefficient (Wildman–Crippen LogP) is 4.29. The van der Waals surface area contributed by atoms with Crippen LogP contribution in [-0.4, -0.2) is 28.3 Å². The Hall–Kier alpha value is -3.67. The molecule has 0 aliphatic rings. The molecular formula is C24H22FN3O2. The Labute approximate surface area is 174 Å². The largest absolute Gasteiger partial charge is 0.491 e. The summed E-state index contributed by atoms with van der Waals surface area (Å²) in [6.07, 6.45) is 2.44. The van der Waals surface area contributed by atoms with Crippen molar-refractivity contribution >= 4 is 16.8 Å². The highest BCUT2D eigenvalue weighted by Gasteiger charge is 2.13. The SMILES string of the molecule is CC(=O)NC(COc1ccc2c(cnn2-c2ccc(F)cc2)c1)Cc1ccccc1. The maximum atomic E-state index is 13.2. The number of aromatic nitrogens is 2. The first-order chi connectivity index (χ1) is 14.6. The van der Waals surface area contributed by atoms with E-state index in [-0.39, 0.29) is 17.8 Å². The lowest BCUT2D eigenvalue weighted by molar-refractivity contribution is -0.119. The normalized spacial score (nSPS) is 11.9. The number of fused-ring (bicyclic) bond motifs is 1. The molecule has 1 N–H and O–H groups in total. The lowest BCUT2D eigenvalue weighted by Crippen LogP contribution is -2.39. The monoisotopic (exact) mass is 403 g/mol. The summed E-state index contributed by atoms with van der Waals surface area (Å²) in [6.45, 7) is 1.86. The second kappa shape index (κ2) is 8.78. The summed E-state index contributed by atoms with van der Waals surface area (Å²) < 4.78 is 20.9. The first kappa shape index (κ1) is 19.6. The maximum absolute atomic E-state index is 13.2. The Morgan fingerprint density at radius 2 is 1.87 bits per heavy atom. The minimum Gasteiger partial charge on any atom is -0.491 e. The van der Waals surface area contributed by atoms with Crippen molar-refractivity contribution in [2.75, 3.05) is 6.61 Å². The smallest absolute Gasteiger partial charge is 0.217 e. The molecule has 3 aromatic carbocycles. The van der Waals surface area contributed by atoms with Crippen molar-refractivity contribution in [3.05, 3.63) is 90.4 Å². The van der Waals surface area contributed by atoms with Gasteiger partial charge in [-0.15, -0.1) is 0 Å². The number of benzene rings is 3. The Morgan fingerprint density at radius 1 is 1.10 bits per heavy atom. The molecule has 0 aliphatic heterocycles. The van der Waals surface area contributed by atoms with Gasteiger partial charge in [-0.1, -0.05) is 30.3 Å². The molecule has 0 aliphatic carbocycles. The van der Waals surface area contributed by atoms with Gasteiger partial charge in [0.25, 0.3) is 0 Å². The molecule has 0 spiro atoms. The summed E-state index contributed by atoms with van der Waals surface area (Å²) >= 11 is 0. The summed E-state index contributed by atoms with van der Waals surface area (Å²) in [5.41, 5.74) is 2.82. The van der Waals surface area contributed by atoms with Crippen LogP contribution in [0.5, 0.6) is 5.75 Å². The van der Waals surface area contributed by atoms with Gasteiger partial charge in [-0.05, 0) is 54.4 Å². The van der Waals surface area contributed by atoms with E-state index in [4.69, 9.17) is 4.74 Å². The van der Waals surface area contributed by atoms with Crippen molar-refractivity contribution in [1.82, 2.24) is 15.1 Å². The number of hydrogen-bond acceptors (Lipinski definition) is 3.